The summed E-state index contributed by atoms with van der Waals surface area (Å²) < 4.78 is 11.6. The van der Waals surface area contributed by atoms with Crippen LogP contribution in [-0.4, -0.2) is 48.8 Å². The van der Waals surface area contributed by atoms with E-state index in [9.17, 15) is 9.90 Å². The Hall–Kier alpha value is -2.37. The van der Waals surface area contributed by atoms with Crippen molar-refractivity contribution in [3.63, 3.8) is 0 Å². The molecule has 2 aliphatic heterocycles. The van der Waals surface area contributed by atoms with E-state index in [0.717, 1.165) is 23.3 Å². The fraction of sp³-hybridized carbons (Fsp3) is 0.435. The van der Waals surface area contributed by atoms with Crippen LogP contribution in [0.1, 0.15) is 17.5 Å². The van der Waals surface area contributed by atoms with E-state index in [4.69, 9.17) is 9.47 Å². The summed E-state index contributed by atoms with van der Waals surface area (Å²) in [4.78, 5) is 14.9. The van der Waals surface area contributed by atoms with Crippen molar-refractivity contribution in [3.05, 3.63) is 65.7 Å². The van der Waals surface area contributed by atoms with Gasteiger partial charge in [-0.1, -0.05) is 48.5 Å². The molecule has 148 valence electrons. The summed E-state index contributed by atoms with van der Waals surface area (Å²) in [5.41, 5.74) is 1.70. The van der Waals surface area contributed by atoms with Crippen molar-refractivity contribution >= 4 is 5.91 Å². The highest BCUT2D eigenvalue weighted by atomic mass is 16.5. The van der Waals surface area contributed by atoms with E-state index in [2.05, 4.69) is 0 Å². The van der Waals surface area contributed by atoms with Crippen molar-refractivity contribution in [2.45, 2.75) is 19.4 Å². The molecule has 28 heavy (non-hydrogen) atoms. The number of aliphatic hydroxyl groups excluding tert-OH is 1. The first-order chi connectivity index (χ1) is 13.7. The molecule has 0 unspecified atom stereocenters. The average Bonchev–Trinajstić information content (AvgIpc) is 3.14. The Kier molecular flexibility index (Phi) is 5.64. The van der Waals surface area contributed by atoms with Crippen molar-refractivity contribution < 1.29 is 19.4 Å². The molecule has 1 amide bonds. The minimum atomic E-state index is -0.294. The maximum absolute atomic E-state index is 13.0. The second-order valence-electron chi connectivity index (χ2n) is 7.89. The smallest absolute Gasteiger partial charge is 0.227 e. The number of rotatable bonds is 6. The SMILES string of the molecule is O=C(Cc1ccccc1OCc1ccccc1)N1C[C@@H]2CCOC[C@]2(CO)C1. The number of hydrogen-bond acceptors (Lipinski definition) is 4. The third-order valence-corrected chi connectivity index (χ3v) is 6.03. The van der Waals surface area contributed by atoms with Gasteiger partial charge in [-0.3, -0.25) is 4.79 Å². The summed E-state index contributed by atoms with van der Waals surface area (Å²) >= 11 is 0. The molecule has 5 heteroatoms. The lowest BCUT2D eigenvalue weighted by Crippen LogP contribution is -2.43. The summed E-state index contributed by atoms with van der Waals surface area (Å²) in [5, 5.41) is 9.93. The molecule has 2 saturated heterocycles. The summed E-state index contributed by atoms with van der Waals surface area (Å²) in [6.45, 7) is 3.07. The average molecular weight is 381 g/mol. The number of benzene rings is 2. The fourth-order valence-corrected chi connectivity index (χ4v) is 4.31. The minimum absolute atomic E-state index is 0.0677. The first-order valence-corrected chi connectivity index (χ1v) is 9.91. The van der Waals surface area contributed by atoms with E-state index < -0.39 is 0 Å². The largest absolute Gasteiger partial charge is 0.489 e. The topological polar surface area (TPSA) is 59.0 Å². The molecule has 2 aromatic carbocycles. The van der Waals surface area contributed by atoms with Gasteiger partial charge in [-0.2, -0.15) is 0 Å². The predicted octanol–water partition coefficient (Wildman–Crippen LogP) is 2.67. The molecule has 2 aliphatic rings. The zero-order valence-electron chi connectivity index (χ0n) is 16.0. The van der Waals surface area contributed by atoms with E-state index in [1.54, 1.807) is 0 Å². The van der Waals surface area contributed by atoms with Crippen LogP contribution in [0.3, 0.4) is 0 Å². The van der Waals surface area contributed by atoms with Crippen LogP contribution in [0.25, 0.3) is 0 Å². The van der Waals surface area contributed by atoms with Gasteiger partial charge in [-0.15, -0.1) is 0 Å². The molecular formula is C23H27NO4. The summed E-state index contributed by atoms with van der Waals surface area (Å²) in [5.74, 6) is 1.15. The Bertz CT molecular complexity index is 809. The van der Waals surface area contributed by atoms with Gasteiger partial charge in [0.2, 0.25) is 5.91 Å². The Morgan fingerprint density at radius 3 is 2.75 bits per heavy atom. The second-order valence-corrected chi connectivity index (χ2v) is 7.89. The number of carbonyl (C=O) groups excluding carboxylic acids is 1. The highest BCUT2D eigenvalue weighted by molar-refractivity contribution is 5.80. The number of para-hydroxylation sites is 1. The second kappa shape index (κ2) is 8.33. The van der Waals surface area contributed by atoms with Gasteiger partial charge in [-0.25, -0.2) is 0 Å². The van der Waals surface area contributed by atoms with Crippen LogP contribution >= 0.6 is 0 Å². The third kappa shape index (κ3) is 3.91. The van der Waals surface area contributed by atoms with Crippen molar-refractivity contribution in [2.75, 3.05) is 32.9 Å². The molecule has 0 aromatic heterocycles. The molecule has 0 spiro atoms. The fourth-order valence-electron chi connectivity index (χ4n) is 4.31. The Balaban J connectivity index is 1.42. The van der Waals surface area contributed by atoms with Crippen LogP contribution in [-0.2, 0) is 22.6 Å². The van der Waals surface area contributed by atoms with Crippen LogP contribution in [0, 0.1) is 11.3 Å². The van der Waals surface area contributed by atoms with Crippen LogP contribution in [0.4, 0.5) is 0 Å². The van der Waals surface area contributed by atoms with Crippen molar-refractivity contribution in [3.8, 4) is 5.75 Å². The van der Waals surface area contributed by atoms with Gasteiger partial charge in [-0.05, 0) is 24.0 Å². The molecule has 5 nitrogen and oxygen atoms in total. The quantitative estimate of drug-likeness (QED) is 0.836. The van der Waals surface area contributed by atoms with Crippen LogP contribution in [0.5, 0.6) is 5.75 Å². The molecule has 0 saturated carbocycles. The summed E-state index contributed by atoms with van der Waals surface area (Å²) in [6.07, 6.45) is 1.21. The third-order valence-electron chi connectivity index (χ3n) is 6.03. The molecule has 4 rings (SSSR count). The molecule has 0 radical (unpaired) electrons. The van der Waals surface area contributed by atoms with E-state index >= 15 is 0 Å². The van der Waals surface area contributed by atoms with Gasteiger partial charge in [0.1, 0.15) is 12.4 Å². The monoisotopic (exact) mass is 381 g/mol. The summed E-state index contributed by atoms with van der Waals surface area (Å²) in [6, 6.07) is 17.7. The van der Waals surface area contributed by atoms with Crippen molar-refractivity contribution in [2.24, 2.45) is 11.3 Å². The first kappa shape index (κ1) is 19.0. The van der Waals surface area contributed by atoms with Crippen molar-refractivity contribution in [1.29, 1.82) is 0 Å². The lowest BCUT2D eigenvalue weighted by molar-refractivity contribution is -0.130. The maximum Gasteiger partial charge on any atom is 0.227 e. The first-order valence-electron chi connectivity index (χ1n) is 9.91. The van der Waals surface area contributed by atoms with Gasteiger partial charge in [0.15, 0.2) is 0 Å². The number of fused-ring (bicyclic) bond motifs is 1. The van der Waals surface area contributed by atoms with Gasteiger partial charge >= 0.3 is 0 Å². The number of likely N-dealkylation sites (tertiary alicyclic amines) is 1. The van der Waals surface area contributed by atoms with E-state index in [0.29, 0.717) is 45.2 Å². The van der Waals surface area contributed by atoms with Crippen LogP contribution < -0.4 is 4.74 Å². The molecular weight excluding hydrogens is 354 g/mol. The Morgan fingerprint density at radius 1 is 1.18 bits per heavy atom. The number of aliphatic hydroxyl groups is 1. The van der Waals surface area contributed by atoms with Gasteiger partial charge in [0, 0.05) is 30.7 Å². The van der Waals surface area contributed by atoms with Gasteiger partial charge < -0.3 is 19.5 Å². The molecule has 0 aliphatic carbocycles. The minimum Gasteiger partial charge on any atom is -0.489 e. The molecule has 2 fully saturated rings. The number of carbonyl (C=O) groups is 1. The van der Waals surface area contributed by atoms with Gasteiger partial charge in [0.05, 0.1) is 19.6 Å². The highest BCUT2D eigenvalue weighted by Gasteiger charge is 2.49. The van der Waals surface area contributed by atoms with E-state index in [-0.39, 0.29) is 17.9 Å². The number of amides is 1. The highest BCUT2D eigenvalue weighted by Crippen LogP contribution is 2.41. The Labute approximate surface area is 165 Å². The maximum atomic E-state index is 13.0. The van der Waals surface area contributed by atoms with Gasteiger partial charge in [0.25, 0.3) is 0 Å². The van der Waals surface area contributed by atoms with Crippen LogP contribution in [0.2, 0.25) is 0 Å². The standard InChI is InChI=1S/C23H27NO4/c25-16-23-15-24(13-20(23)10-11-27-17-23)22(26)12-19-8-4-5-9-21(19)28-14-18-6-2-1-3-7-18/h1-9,20,25H,10-17H2/t20-,23+/m0/s1. The van der Waals surface area contributed by atoms with Crippen molar-refractivity contribution in [1.82, 2.24) is 4.90 Å². The lowest BCUT2D eigenvalue weighted by atomic mass is 9.76. The zero-order valence-corrected chi connectivity index (χ0v) is 16.0. The summed E-state index contributed by atoms with van der Waals surface area (Å²) in [7, 11) is 0. The molecule has 2 heterocycles. The van der Waals surface area contributed by atoms with E-state index in [1.165, 1.54) is 0 Å². The number of ether oxygens (including phenoxy) is 2. The normalized spacial score (nSPS) is 24.0. The van der Waals surface area contributed by atoms with E-state index in [1.807, 2.05) is 59.5 Å². The molecule has 2 atom stereocenters. The Morgan fingerprint density at radius 2 is 1.96 bits per heavy atom. The predicted molar refractivity (Wildman–Crippen MR) is 106 cm³/mol. The molecule has 0 bridgehead atoms. The van der Waals surface area contributed by atoms with Crippen LogP contribution in [0.15, 0.2) is 54.6 Å². The number of nitrogens with zero attached hydrogens (tertiary/aromatic N) is 1. The molecule has 2 aromatic rings. The lowest BCUT2D eigenvalue weighted by Gasteiger charge is -2.36. The molecule has 1 N–H and O–H groups in total. The zero-order chi connectivity index (χ0) is 19.4. The number of hydrogen-bond donors (Lipinski definition) is 1.